The molecule has 22 heavy (non-hydrogen) atoms. The number of ether oxygens (including phenoxy) is 1. The van der Waals surface area contributed by atoms with Crippen molar-refractivity contribution in [2.45, 2.75) is 13.5 Å². The fourth-order valence-corrected chi connectivity index (χ4v) is 2.19. The third kappa shape index (κ3) is 3.26. The van der Waals surface area contributed by atoms with Gasteiger partial charge in [0.1, 0.15) is 11.6 Å². The Morgan fingerprint density at radius 1 is 1.18 bits per heavy atom. The van der Waals surface area contributed by atoms with Gasteiger partial charge in [-0.15, -0.1) is 10.2 Å². The molecule has 0 saturated heterocycles. The summed E-state index contributed by atoms with van der Waals surface area (Å²) in [5, 5.41) is 8.44. The Bertz CT molecular complexity index is 804. The van der Waals surface area contributed by atoms with Gasteiger partial charge in [-0.25, -0.2) is 4.39 Å². The van der Waals surface area contributed by atoms with Crippen LogP contribution in [-0.2, 0) is 6.61 Å². The lowest BCUT2D eigenvalue weighted by Gasteiger charge is -2.06. The largest absolute Gasteiger partial charge is 0.484 e. The van der Waals surface area contributed by atoms with Crippen LogP contribution in [0, 0.1) is 12.7 Å². The van der Waals surface area contributed by atoms with Crippen molar-refractivity contribution >= 4 is 11.6 Å². The molecular formula is C16H12ClFN2O2. The van der Waals surface area contributed by atoms with Crippen LogP contribution in [0.3, 0.4) is 0 Å². The molecule has 3 aromatic rings. The number of rotatable bonds is 4. The normalized spacial score (nSPS) is 10.7. The molecule has 0 unspecified atom stereocenters. The molecule has 0 aliphatic heterocycles. The van der Waals surface area contributed by atoms with Crippen molar-refractivity contribution in [3.05, 3.63) is 64.8 Å². The van der Waals surface area contributed by atoms with Gasteiger partial charge >= 0.3 is 0 Å². The van der Waals surface area contributed by atoms with Gasteiger partial charge in [0.2, 0.25) is 5.89 Å². The van der Waals surface area contributed by atoms with Crippen LogP contribution in [0.5, 0.6) is 5.75 Å². The fraction of sp³-hybridized carbons (Fsp3) is 0.125. The van der Waals surface area contributed by atoms with Crippen LogP contribution in [0.25, 0.3) is 11.5 Å². The van der Waals surface area contributed by atoms with Crippen LogP contribution in [0.2, 0.25) is 5.02 Å². The summed E-state index contributed by atoms with van der Waals surface area (Å²) in [5.41, 5.74) is 1.44. The summed E-state index contributed by atoms with van der Waals surface area (Å²) < 4.78 is 24.3. The van der Waals surface area contributed by atoms with Crippen LogP contribution < -0.4 is 4.74 Å². The molecule has 0 amide bonds. The van der Waals surface area contributed by atoms with Crippen molar-refractivity contribution < 1.29 is 13.5 Å². The molecule has 0 aliphatic carbocycles. The monoisotopic (exact) mass is 318 g/mol. The first kappa shape index (κ1) is 14.5. The Labute approximate surface area is 131 Å². The van der Waals surface area contributed by atoms with Gasteiger partial charge in [0.15, 0.2) is 6.61 Å². The van der Waals surface area contributed by atoms with Crippen molar-refractivity contribution in [2.24, 2.45) is 0 Å². The number of aromatic nitrogens is 2. The van der Waals surface area contributed by atoms with Crippen LogP contribution >= 0.6 is 11.6 Å². The Morgan fingerprint density at radius 3 is 2.82 bits per heavy atom. The van der Waals surface area contributed by atoms with E-state index in [1.807, 2.05) is 13.0 Å². The molecule has 112 valence electrons. The summed E-state index contributed by atoms with van der Waals surface area (Å²) in [7, 11) is 0. The first-order valence-corrected chi connectivity index (χ1v) is 6.97. The second-order valence-corrected chi connectivity index (χ2v) is 5.15. The average molecular weight is 319 g/mol. The van der Waals surface area contributed by atoms with Gasteiger partial charge in [0.05, 0.1) is 0 Å². The predicted octanol–water partition coefficient (Wildman–Crippen LogP) is 4.42. The summed E-state index contributed by atoms with van der Waals surface area (Å²) in [6, 6.07) is 11.3. The maximum Gasteiger partial charge on any atom is 0.254 e. The van der Waals surface area contributed by atoms with E-state index in [0.717, 1.165) is 5.56 Å². The lowest BCUT2D eigenvalue weighted by atomic mass is 10.2. The molecule has 0 N–H and O–H groups in total. The fourth-order valence-electron chi connectivity index (χ4n) is 1.96. The first-order chi connectivity index (χ1) is 10.6. The van der Waals surface area contributed by atoms with Gasteiger partial charge in [-0.1, -0.05) is 17.7 Å². The zero-order valence-corrected chi connectivity index (χ0v) is 12.5. The van der Waals surface area contributed by atoms with E-state index >= 15 is 0 Å². The smallest absolute Gasteiger partial charge is 0.254 e. The highest BCUT2D eigenvalue weighted by Gasteiger charge is 2.10. The van der Waals surface area contributed by atoms with E-state index < -0.39 is 0 Å². The molecule has 0 radical (unpaired) electrons. The van der Waals surface area contributed by atoms with Gasteiger partial charge in [-0.05, 0) is 48.9 Å². The first-order valence-electron chi connectivity index (χ1n) is 6.59. The molecule has 4 nitrogen and oxygen atoms in total. The van der Waals surface area contributed by atoms with Crippen LogP contribution in [-0.4, -0.2) is 10.2 Å². The molecule has 0 bridgehead atoms. The van der Waals surface area contributed by atoms with Crippen LogP contribution in [0.15, 0.2) is 46.9 Å². The molecule has 0 spiro atoms. The van der Waals surface area contributed by atoms with E-state index in [2.05, 4.69) is 10.2 Å². The number of hydrogen-bond donors (Lipinski definition) is 0. The third-order valence-electron chi connectivity index (χ3n) is 3.03. The van der Waals surface area contributed by atoms with Gasteiger partial charge < -0.3 is 9.15 Å². The maximum absolute atomic E-state index is 13.2. The van der Waals surface area contributed by atoms with E-state index in [1.165, 1.54) is 12.1 Å². The van der Waals surface area contributed by atoms with E-state index in [4.69, 9.17) is 20.8 Å². The Kier molecular flexibility index (Phi) is 4.06. The third-order valence-corrected chi connectivity index (χ3v) is 3.26. The minimum atomic E-state index is -0.356. The van der Waals surface area contributed by atoms with Crippen LogP contribution in [0.4, 0.5) is 4.39 Å². The van der Waals surface area contributed by atoms with E-state index in [0.29, 0.717) is 22.2 Å². The zero-order chi connectivity index (χ0) is 15.5. The maximum atomic E-state index is 13.2. The van der Waals surface area contributed by atoms with Crippen LogP contribution in [0.1, 0.15) is 11.5 Å². The SMILES string of the molecule is Cc1cc(Cl)ccc1OCc1nnc(-c2cccc(F)c2)o1. The quantitative estimate of drug-likeness (QED) is 0.714. The number of halogens is 2. The number of nitrogens with zero attached hydrogens (tertiary/aromatic N) is 2. The Hall–Kier alpha value is -2.40. The second kappa shape index (κ2) is 6.15. The highest BCUT2D eigenvalue weighted by atomic mass is 35.5. The molecule has 0 fully saturated rings. The van der Waals surface area contributed by atoms with Gasteiger partial charge in [-0.2, -0.15) is 0 Å². The topological polar surface area (TPSA) is 48.2 Å². The molecule has 2 aromatic carbocycles. The predicted molar refractivity (Wildman–Crippen MR) is 80.2 cm³/mol. The minimum absolute atomic E-state index is 0.130. The minimum Gasteiger partial charge on any atom is -0.484 e. The standard InChI is InChI=1S/C16H12ClFN2O2/c1-10-7-12(17)5-6-14(10)21-9-15-19-20-16(22-15)11-3-2-4-13(18)8-11/h2-8H,9H2,1H3. The summed E-state index contributed by atoms with van der Waals surface area (Å²) in [4.78, 5) is 0. The molecule has 3 rings (SSSR count). The summed E-state index contributed by atoms with van der Waals surface area (Å²) in [6.07, 6.45) is 0. The molecule has 1 aromatic heterocycles. The van der Waals surface area contributed by atoms with E-state index in [-0.39, 0.29) is 18.3 Å². The number of benzene rings is 2. The average Bonchev–Trinajstić information content (AvgIpc) is 2.95. The lowest BCUT2D eigenvalue weighted by Crippen LogP contribution is -1.97. The Morgan fingerprint density at radius 2 is 2.05 bits per heavy atom. The molecular weight excluding hydrogens is 307 g/mol. The summed E-state index contributed by atoms with van der Waals surface area (Å²) >= 11 is 5.89. The molecule has 0 saturated carbocycles. The van der Waals surface area contributed by atoms with Gasteiger partial charge in [-0.3, -0.25) is 0 Å². The van der Waals surface area contributed by atoms with Gasteiger partial charge in [0.25, 0.3) is 5.89 Å². The summed E-state index contributed by atoms with van der Waals surface area (Å²) in [6.45, 7) is 2.03. The summed E-state index contributed by atoms with van der Waals surface area (Å²) in [5.74, 6) is 0.903. The molecule has 6 heteroatoms. The molecule has 0 atom stereocenters. The second-order valence-electron chi connectivity index (χ2n) is 4.71. The van der Waals surface area contributed by atoms with Crippen molar-refractivity contribution in [3.63, 3.8) is 0 Å². The van der Waals surface area contributed by atoms with E-state index in [9.17, 15) is 4.39 Å². The highest BCUT2D eigenvalue weighted by Crippen LogP contribution is 2.23. The number of aryl methyl sites for hydroxylation is 1. The van der Waals surface area contributed by atoms with Gasteiger partial charge in [0, 0.05) is 10.6 Å². The van der Waals surface area contributed by atoms with Crippen molar-refractivity contribution in [2.75, 3.05) is 0 Å². The van der Waals surface area contributed by atoms with Crippen molar-refractivity contribution in [3.8, 4) is 17.2 Å². The van der Waals surface area contributed by atoms with Crippen molar-refractivity contribution in [1.29, 1.82) is 0 Å². The lowest BCUT2D eigenvalue weighted by molar-refractivity contribution is 0.263. The Balaban J connectivity index is 1.72. The number of hydrogen-bond acceptors (Lipinski definition) is 4. The van der Waals surface area contributed by atoms with E-state index in [1.54, 1.807) is 24.3 Å². The van der Waals surface area contributed by atoms with Crippen molar-refractivity contribution in [1.82, 2.24) is 10.2 Å². The highest BCUT2D eigenvalue weighted by molar-refractivity contribution is 6.30. The molecule has 1 heterocycles. The zero-order valence-electron chi connectivity index (χ0n) is 11.7. The molecule has 0 aliphatic rings.